The molecule has 1 N–H and O–H groups in total. The largest absolute Gasteiger partial charge is 0.210 e. The van der Waals surface area contributed by atoms with Gasteiger partial charge in [-0.15, -0.1) is 0 Å². The predicted octanol–water partition coefficient (Wildman–Crippen LogP) is 0.0746. The maximum atomic E-state index is 8.51. The van der Waals surface area contributed by atoms with Crippen LogP contribution in [0.3, 0.4) is 0 Å². The molecule has 0 aromatic heterocycles. The van der Waals surface area contributed by atoms with Crippen LogP contribution in [-0.2, 0) is 11.5 Å². The van der Waals surface area contributed by atoms with E-state index in [0.29, 0.717) is 0 Å². The van der Waals surface area contributed by atoms with Crippen molar-refractivity contribution in [3.8, 4) is 0 Å². The van der Waals surface area contributed by atoms with Crippen LogP contribution in [-0.4, -0.2) is 4.21 Å². The van der Waals surface area contributed by atoms with Crippen molar-refractivity contribution >= 4 is 25.0 Å². The highest BCUT2D eigenvalue weighted by molar-refractivity contribution is 7.59. The van der Waals surface area contributed by atoms with E-state index in [9.17, 15) is 0 Å². The first kappa shape index (κ1) is 8.90. The second-order valence-electron chi connectivity index (χ2n) is 0.0833. The lowest BCUT2D eigenvalue weighted by Crippen LogP contribution is -1.09. The molecule has 0 rings (SSSR count). The number of nitrogens with one attached hydrogen (secondary N) is 1. The van der Waals surface area contributed by atoms with Gasteiger partial charge >= 0.3 is 0 Å². The minimum absolute atomic E-state index is 0. The van der Waals surface area contributed by atoms with E-state index in [-0.39, 0.29) is 25.0 Å². The van der Waals surface area contributed by atoms with E-state index in [2.05, 4.69) is 0 Å². The van der Waals surface area contributed by atoms with Crippen molar-refractivity contribution in [1.82, 2.24) is 0 Å². The molecule has 0 saturated carbocycles. The second kappa shape index (κ2) is 10.9. The zero-order chi connectivity index (χ0) is 2.71. The summed E-state index contributed by atoms with van der Waals surface area (Å²) in [4.78, 5) is 0. The lowest BCUT2D eigenvalue weighted by atomic mass is 14.0. The first-order valence-electron chi connectivity index (χ1n) is 0.371. The van der Waals surface area contributed by atoms with Crippen LogP contribution >= 0.6 is 13.5 Å². The summed E-state index contributed by atoms with van der Waals surface area (Å²) in [6.07, 6.45) is 0. The summed E-state index contributed by atoms with van der Waals surface area (Å²) >= 11 is -0.250. The monoisotopic (exact) mass is 97.0 g/mol. The van der Waals surface area contributed by atoms with E-state index in [1.54, 1.807) is 0 Å². The third-order valence-corrected chi connectivity index (χ3v) is 0. The van der Waals surface area contributed by atoms with Crippen LogP contribution in [0.4, 0.5) is 0 Å². The molecule has 0 aromatic rings. The highest BCUT2D eigenvalue weighted by Crippen LogP contribution is 0.958. The molecule has 0 spiro atoms. The van der Waals surface area contributed by atoms with Crippen LogP contribution in [0.5, 0.6) is 0 Å². The van der Waals surface area contributed by atoms with E-state index in [1.165, 1.54) is 0 Å². The SMILES string of the molecule is N=S=O.S. The lowest BCUT2D eigenvalue weighted by Gasteiger charge is -1.02. The van der Waals surface area contributed by atoms with E-state index < -0.39 is 0 Å². The smallest absolute Gasteiger partial charge is 0.196 e. The highest BCUT2D eigenvalue weighted by atomic mass is 32.1. The van der Waals surface area contributed by atoms with Crippen LogP contribution in [0.1, 0.15) is 0 Å². The van der Waals surface area contributed by atoms with Crippen molar-refractivity contribution in [2.45, 2.75) is 0 Å². The van der Waals surface area contributed by atoms with Gasteiger partial charge in [-0.05, 0) is 0 Å². The zero-order valence-electron chi connectivity index (χ0n) is 1.82. The summed E-state index contributed by atoms with van der Waals surface area (Å²) in [5.41, 5.74) is 0. The summed E-state index contributed by atoms with van der Waals surface area (Å²) in [5.74, 6) is 0. The Morgan fingerprint density at radius 2 is 1.75 bits per heavy atom. The molecule has 0 aliphatic rings. The minimum Gasteiger partial charge on any atom is -0.210 e. The van der Waals surface area contributed by atoms with Crippen LogP contribution in [0, 0.1) is 4.78 Å². The molecular formula is H3NOS2. The molecule has 0 saturated heterocycles. The fourth-order valence-electron chi connectivity index (χ4n) is 0. The Labute approximate surface area is 34.7 Å². The van der Waals surface area contributed by atoms with Crippen LogP contribution in [0.15, 0.2) is 0 Å². The first-order chi connectivity index (χ1) is 1.41. The molecule has 0 bridgehead atoms. The maximum absolute atomic E-state index is 8.51. The normalized spacial score (nSPS) is 3.00. The molecule has 4 heavy (non-hydrogen) atoms. The molecular weight excluding hydrogens is 94.1 g/mol. The third kappa shape index (κ3) is 103. The van der Waals surface area contributed by atoms with Crippen LogP contribution < -0.4 is 0 Å². The van der Waals surface area contributed by atoms with Gasteiger partial charge in [-0.25, -0.2) is 4.78 Å². The summed E-state index contributed by atoms with van der Waals surface area (Å²) in [7, 11) is 0. The van der Waals surface area contributed by atoms with Crippen LogP contribution in [0.2, 0.25) is 0 Å². The Morgan fingerprint density at radius 1 is 1.75 bits per heavy atom. The quantitative estimate of drug-likeness (QED) is 0.456. The zero-order valence-corrected chi connectivity index (χ0v) is 3.63. The molecule has 0 amide bonds. The highest BCUT2D eigenvalue weighted by Gasteiger charge is 1.02. The summed E-state index contributed by atoms with van der Waals surface area (Å²) in [6.45, 7) is 0. The van der Waals surface area contributed by atoms with Crippen molar-refractivity contribution in [3.05, 3.63) is 0 Å². The Morgan fingerprint density at radius 3 is 1.75 bits per heavy atom. The topological polar surface area (TPSA) is 40.9 Å². The van der Waals surface area contributed by atoms with Gasteiger partial charge in [0.1, 0.15) is 0 Å². The van der Waals surface area contributed by atoms with Gasteiger partial charge in [0.15, 0.2) is 11.5 Å². The fraction of sp³-hybridized carbons (Fsp3) is 0. The lowest BCUT2D eigenvalue weighted by molar-refractivity contribution is 0.697. The fourth-order valence-corrected chi connectivity index (χ4v) is 0. The molecule has 2 nitrogen and oxygen atoms in total. The Bertz CT molecular complexity index is 27.0. The van der Waals surface area contributed by atoms with Gasteiger partial charge in [0.05, 0.1) is 0 Å². The number of hydrogen-bond donors (Lipinski definition) is 1. The van der Waals surface area contributed by atoms with E-state index in [0.717, 1.165) is 0 Å². The van der Waals surface area contributed by atoms with Gasteiger partial charge < -0.3 is 0 Å². The van der Waals surface area contributed by atoms with Gasteiger partial charge in [-0.2, -0.15) is 17.7 Å². The predicted molar refractivity (Wildman–Crippen MR) is 21.2 cm³/mol. The molecule has 0 heterocycles. The van der Waals surface area contributed by atoms with Gasteiger partial charge in [0.2, 0.25) is 0 Å². The Hall–Kier alpha value is 0.170. The van der Waals surface area contributed by atoms with E-state index >= 15 is 0 Å². The summed E-state index contributed by atoms with van der Waals surface area (Å²) in [5, 5.41) is 0. The second-order valence-corrected chi connectivity index (χ2v) is 0.250. The maximum Gasteiger partial charge on any atom is 0.196 e. The van der Waals surface area contributed by atoms with Gasteiger partial charge in [0.25, 0.3) is 0 Å². The molecule has 4 heteroatoms. The number of rotatable bonds is 0. The Kier molecular flexibility index (Phi) is 24.3. The Balaban J connectivity index is 0. The molecule has 0 aliphatic heterocycles. The van der Waals surface area contributed by atoms with Gasteiger partial charge in [-0.3, -0.25) is 0 Å². The number of hydrogen-bond acceptors (Lipinski definition) is 2. The van der Waals surface area contributed by atoms with Gasteiger partial charge in [-0.1, -0.05) is 0 Å². The molecule has 0 unspecified atom stereocenters. The molecule has 0 fully saturated rings. The average Bonchev–Trinajstić information content (AvgIpc) is 0.918. The van der Waals surface area contributed by atoms with Crippen molar-refractivity contribution in [2.75, 3.05) is 0 Å². The molecule has 0 atom stereocenters. The first-order valence-corrected chi connectivity index (χ1v) is 1.11. The molecule has 0 radical (unpaired) electrons. The van der Waals surface area contributed by atoms with Crippen molar-refractivity contribution in [2.24, 2.45) is 0 Å². The average molecular weight is 97.2 g/mol. The standard InChI is InChI=1S/HNOS.H2S/c1-3-2;/h1H;1H2. The van der Waals surface area contributed by atoms with Crippen molar-refractivity contribution in [3.63, 3.8) is 0 Å². The van der Waals surface area contributed by atoms with E-state index in [4.69, 9.17) is 8.99 Å². The van der Waals surface area contributed by atoms with Crippen molar-refractivity contribution < 1.29 is 4.21 Å². The summed E-state index contributed by atoms with van der Waals surface area (Å²) < 4.78 is 14.1. The third-order valence-electron chi connectivity index (χ3n) is 0. The summed E-state index contributed by atoms with van der Waals surface area (Å²) in [6, 6.07) is 0. The van der Waals surface area contributed by atoms with E-state index in [1.807, 2.05) is 0 Å². The molecule has 26 valence electrons. The molecule has 0 aliphatic carbocycles. The molecule has 0 aromatic carbocycles. The van der Waals surface area contributed by atoms with Gasteiger partial charge in [0, 0.05) is 0 Å². The minimum atomic E-state index is -0.250. The van der Waals surface area contributed by atoms with Crippen molar-refractivity contribution in [1.29, 1.82) is 4.78 Å². The van der Waals surface area contributed by atoms with Crippen LogP contribution in [0.25, 0.3) is 0 Å².